The Labute approximate surface area is 153 Å². The Morgan fingerprint density at radius 1 is 1.30 bits per heavy atom. The van der Waals surface area contributed by atoms with E-state index in [2.05, 4.69) is 0 Å². The van der Waals surface area contributed by atoms with E-state index in [1.54, 1.807) is 6.92 Å². The van der Waals surface area contributed by atoms with Crippen molar-refractivity contribution >= 4 is 11.8 Å². The summed E-state index contributed by atoms with van der Waals surface area (Å²) in [6.07, 6.45) is -3.62. The largest absolute Gasteiger partial charge is 0.462 e. The number of allylic oxidation sites excluding steroid dienone is 2. The molecule has 0 unspecified atom stereocenters. The lowest BCUT2D eigenvalue weighted by molar-refractivity contribution is -0.141. The highest BCUT2D eigenvalue weighted by Crippen LogP contribution is 2.47. The fourth-order valence-electron chi connectivity index (χ4n) is 3.48. The van der Waals surface area contributed by atoms with Gasteiger partial charge >= 0.3 is 12.1 Å². The van der Waals surface area contributed by atoms with Gasteiger partial charge in [-0.05, 0) is 25.0 Å². The predicted octanol–water partition coefficient (Wildman–Crippen LogP) is 3.56. The number of hydrogen-bond acceptors (Lipinski definition) is 5. The number of esters is 1. The number of Topliss-reactive ketones (excluding diaryl/α,β-unsaturated/α-hetero) is 1. The molecule has 27 heavy (non-hydrogen) atoms. The Morgan fingerprint density at radius 2 is 2.00 bits per heavy atom. The molecule has 2 aliphatic rings. The molecule has 0 saturated carbocycles. The van der Waals surface area contributed by atoms with E-state index < -0.39 is 23.6 Å². The topological polar surface area (TPSA) is 78.6 Å². The summed E-state index contributed by atoms with van der Waals surface area (Å²) in [5.74, 6) is -2.64. The van der Waals surface area contributed by atoms with E-state index in [9.17, 15) is 22.8 Å². The minimum absolute atomic E-state index is 0.00308. The third kappa shape index (κ3) is 3.43. The van der Waals surface area contributed by atoms with Crippen LogP contribution in [0.15, 0.2) is 47.1 Å². The highest BCUT2D eigenvalue weighted by atomic mass is 19.4. The number of carbonyl (C=O) groups is 2. The van der Waals surface area contributed by atoms with Crippen molar-refractivity contribution in [1.82, 2.24) is 0 Å². The van der Waals surface area contributed by atoms with Crippen molar-refractivity contribution in [3.8, 4) is 0 Å². The van der Waals surface area contributed by atoms with Crippen molar-refractivity contribution in [2.24, 2.45) is 5.73 Å². The van der Waals surface area contributed by atoms with Crippen LogP contribution in [0.3, 0.4) is 0 Å². The molecule has 1 aliphatic heterocycles. The van der Waals surface area contributed by atoms with Gasteiger partial charge in [0.2, 0.25) is 5.88 Å². The lowest BCUT2D eigenvalue weighted by atomic mass is 9.76. The van der Waals surface area contributed by atoms with Gasteiger partial charge in [-0.1, -0.05) is 18.2 Å². The van der Waals surface area contributed by atoms with Crippen LogP contribution in [-0.4, -0.2) is 18.4 Å². The van der Waals surface area contributed by atoms with E-state index >= 15 is 0 Å². The molecular weight excluding hydrogens is 363 g/mol. The second-order valence-electron chi connectivity index (χ2n) is 6.23. The fourth-order valence-corrected chi connectivity index (χ4v) is 3.48. The summed E-state index contributed by atoms with van der Waals surface area (Å²) < 4.78 is 51.2. The van der Waals surface area contributed by atoms with Crippen LogP contribution in [0.1, 0.15) is 43.2 Å². The van der Waals surface area contributed by atoms with Gasteiger partial charge in [0, 0.05) is 18.4 Å². The summed E-state index contributed by atoms with van der Waals surface area (Å²) in [6.45, 7) is 1.57. The molecule has 1 heterocycles. The van der Waals surface area contributed by atoms with Crippen LogP contribution < -0.4 is 5.73 Å². The Kier molecular flexibility index (Phi) is 4.99. The molecule has 0 saturated heterocycles. The van der Waals surface area contributed by atoms with E-state index in [0.29, 0.717) is 12.8 Å². The van der Waals surface area contributed by atoms with Crippen LogP contribution >= 0.6 is 0 Å². The van der Waals surface area contributed by atoms with Gasteiger partial charge < -0.3 is 15.2 Å². The van der Waals surface area contributed by atoms with Crippen molar-refractivity contribution in [2.75, 3.05) is 6.61 Å². The zero-order chi connectivity index (χ0) is 19.8. The van der Waals surface area contributed by atoms with Gasteiger partial charge in [-0.3, -0.25) is 4.79 Å². The number of nitrogens with two attached hydrogens (primary N) is 1. The van der Waals surface area contributed by atoms with Crippen molar-refractivity contribution < 1.29 is 32.2 Å². The van der Waals surface area contributed by atoms with E-state index in [0.717, 1.165) is 6.07 Å². The first-order chi connectivity index (χ1) is 12.8. The van der Waals surface area contributed by atoms with Crippen LogP contribution in [0.25, 0.3) is 0 Å². The number of benzene rings is 1. The standard InChI is InChI=1S/C19H18F3NO4/c1-2-26-18(25)16-14(10-6-3-4-7-11(10)19(20,21)22)15-12(24)8-5-9-13(15)27-17(16)23/h3-4,6-7,14H,2,5,8-9,23H2,1H3/t14-/m1/s1. The van der Waals surface area contributed by atoms with Crippen molar-refractivity contribution in [2.45, 2.75) is 38.3 Å². The van der Waals surface area contributed by atoms with Crippen LogP contribution in [-0.2, 0) is 25.2 Å². The molecule has 8 heteroatoms. The highest BCUT2D eigenvalue weighted by molar-refractivity contribution is 6.03. The van der Waals surface area contributed by atoms with Crippen LogP contribution in [0, 0.1) is 0 Å². The maximum atomic E-state index is 13.6. The van der Waals surface area contributed by atoms with Crippen LogP contribution in [0.5, 0.6) is 0 Å². The lowest BCUT2D eigenvalue weighted by Gasteiger charge is -2.33. The monoisotopic (exact) mass is 381 g/mol. The lowest BCUT2D eigenvalue weighted by Crippen LogP contribution is -2.32. The van der Waals surface area contributed by atoms with Crippen LogP contribution in [0.2, 0.25) is 0 Å². The summed E-state index contributed by atoms with van der Waals surface area (Å²) in [7, 11) is 0. The van der Waals surface area contributed by atoms with Gasteiger partial charge in [0.1, 0.15) is 11.3 Å². The zero-order valence-corrected chi connectivity index (χ0v) is 14.6. The maximum Gasteiger partial charge on any atom is 0.416 e. The molecule has 2 N–H and O–H groups in total. The van der Waals surface area contributed by atoms with Gasteiger partial charge in [-0.15, -0.1) is 0 Å². The Balaban J connectivity index is 2.26. The molecule has 0 amide bonds. The Hall–Kier alpha value is -2.77. The average Bonchev–Trinajstić information content (AvgIpc) is 2.60. The second kappa shape index (κ2) is 7.09. The van der Waals surface area contributed by atoms with Crippen molar-refractivity contribution in [3.05, 3.63) is 58.2 Å². The number of halogens is 3. The van der Waals surface area contributed by atoms with Gasteiger partial charge in [0.15, 0.2) is 5.78 Å². The smallest absolute Gasteiger partial charge is 0.416 e. The van der Waals surface area contributed by atoms with E-state index in [1.807, 2.05) is 0 Å². The third-order valence-electron chi connectivity index (χ3n) is 4.56. The highest BCUT2D eigenvalue weighted by Gasteiger charge is 2.45. The molecule has 5 nitrogen and oxygen atoms in total. The zero-order valence-electron chi connectivity index (χ0n) is 14.6. The average molecular weight is 381 g/mol. The molecule has 1 atom stereocenters. The SMILES string of the molecule is CCOC(=O)C1=C(N)OC2=C(C(=O)CCC2)[C@H]1c1ccccc1C(F)(F)F. The summed E-state index contributed by atoms with van der Waals surface area (Å²) in [5, 5.41) is 0. The first kappa shape index (κ1) is 19.0. The van der Waals surface area contributed by atoms with E-state index in [1.165, 1.54) is 18.2 Å². The predicted molar refractivity (Wildman–Crippen MR) is 89.0 cm³/mol. The molecule has 0 radical (unpaired) electrons. The fraction of sp³-hybridized carbons (Fsp3) is 0.368. The second-order valence-corrected chi connectivity index (χ2v) is 6.23. The molecule has 1 aromatic carbocycles. The van der Waals surface area contributed by atoms with Gasteiger partial charge in [0.25, 0.3) is 0 Å². The number of alkyl halides is 3. The number of hydrogen-bond donors (Lipinski definition) is 1. The van der Waals surface area contributed by atoms with Crippen molar-refractivity contribution in [3.63, 3.8) is 0 Å². The number of rotatable bonds is 3. The van der Waals surface area contributed by atoms with Gasteiger partial charge in [-0.25, -0.2) is 4.79 Å². The molecule has 0 spiro atoms. The quantitative estimate of drug-likeness (QED) is 0.810. The van der Waals surface area contributed by atoms with Crippen molar-refractivity contribution in [1.29, 1.82) is 0 Å². The minimum atomic E-state index is -4.66. The molecule has 3 rings (SSSR count). The Morgan fingerprint density at radius 3 is 2.67 bits per heavy atom. The molecule has 0 aromatic heterocycles. The van der Waals surface area contributed by atoms with Crippen LogP contribution in [0.4, 0.5) is 13.2 Å². The molecule has 1 aliphatic carbocycles. The van der Waals surface area contributed by atoms with Gasteiger partial charge in [-0.2, -0.15) is 13.2 Å². The van der Waals surface area contributed by atoms with E-state index in [-0.39, 0.29) is 47.2 Å². The maximum absolute atomic E-state index is 13.6. The molecular formula is C19H18F3NO4. The molecule has 144 valence electrons. The van der Waals surface area contributed by atoms with E-state index in [4.69, 9.17) is 15.2 Å². The first-order valence-electron chi connectivity index (χ1n) is 8.52. The summed E-state index contributed by atoms with van der Waals surface area (Å²) in [4.78, 5) is 25.1. The minimum Gasteiger partial charge on any atom is -0.462 e. The molecule has 0 fully saturated rings. The number of ether oxygens (including phenoxy) is 2. The first-order valence-corrected chi connectivity index (χ1v) is 8.52. The number of ketones is 1. The summed E-state index contributed by atoms with van der Waals surface area (Å²) in [5.41, 5.74) is 4.50. The summed E-state index contributed by atoms with van der Waals surface area (Å²) >= 11 is 0. The molecule has 1 aromatic rings. The third-order valence-corrected chi connectivity index (χ3v) is 4.56. The Bertz CT molecular complexity index is 855. The summed E-state index contributed by atoms with van der Waals surface area (Å²) in [6, 6.07) is 4.84. The van der Waals surface area contributed by atoms with Gasteiger partial charge in [0.05, 0.1) is 18.1 Å². The molecule has 0 bridgehead atoms. The normalized spacial score (nSPS) is 20.3. The number of carbonyl (C=O) groups excluding carboxylic acids is 2.